The van der Waals surface area contributed by atoms with Crippen LogP contribution < -0.4 is 0 Å². The van der Waals surface area contributed by atoms with Gasteiger partial charge < -0.3 is 4.84 Å². The van der Waals surface area contributed by atoms with Crippen molar-refractivity contribution in [2.24, 2.45) is 5.16 Å². The van der Waals surface area contributed by atoms with E-state index in [0.29, 0.717) is 5.56 Å². The second kappa shape index (κ2) is 6.09. The van der Waals surface area contributed by atoms with Gasteiger partial charge in [-0.3, -0.25) is 0 Å². The van der Waals surface area contributed by atoms with Crippen LogP contribution in [0.2, 0.25) is 0 Å². The number of oxime groups is 1. The molecule has 0 atom stereocenters. The van der Waals surface area contributed by atoms with Gasteiger partial charge in [0.1, 0.15) is 6.61 Å². The fourth-order valence-electron chi connectivity index (χ4n) is 1.52. The monoisotopic (exact) mass is 299 g/mol. The Morgan fingerprint density at radius 1 is 1.20 bits per heavy atom. The van der Waals surface area contributed by atoms with Gasteiger partial charge in [0.15, 0.2) is 0 Å². The first-order valence-electron chi connectivity index (χ1n) is 5.83. The van der Waals surface area contributed by atoms with Crippen LogP contribution in [0.15, 0.2) is 46.9 Å². The fraction of sp³-hybridized carbons (Fsp3) is 0.214. The number of alkyl halides is 3. The number of nitrogens with zero attached hydrogens (tertiary/aromatic N) is 1. The second-order valence-corrected chi connectivity index (χ2v) is 5.07. The van der Waals surface area contributed by atoms with Crippen LogP contribution in [0.4, 0.5) is 13.2 Å². The predicted molar refractivity (Wildman–Crippen MR) is 72.8 cm³/mol. The van der Waals surface area contributed by atoms with Gasteiger partial charge in [0, 0.05) is 0 Å². The molecular formula is C14H12F3NOS. The summed E-state index contributed by atoms with van der Waals surface area (Å²) in [5, 5.41) is 5.87. The Kier molecular flexibility index (Phi) is 4.44. The number of thiophene rings is 1. The highest BCUT2D eigenvalue weighted by molar-refractivity contribution is 7.12. The summed E-state index contributed by atoms with van der Waals surface area (Å²) in [4.78, 5) is 6.14. The topological polar surface area (TPSA) is 21.6 Å². The molecule has 2 aromatic rings. The Morgan fingerprint density at radius 3 is 2.45 bits per heavy atom. The Balaban J connectivity index is 1.93. The van der Waals surface area contributed by atoms with E-state index < -0.39 is 11.7 Å². The molecule has 0 fully saturated rings. The van der Waals surface area contributed by atoms with Crippen LogP contribution in [0.25, 0.3) is 0 Å². The molecule has 2 rings (SSSR count). The van der Waals surface area contributed by atoms with Crippen molar-refractivity contribution in [2.75, 3.05) is 0 Å². The van der Waals surface area contributed by atoms with Crippen molar-refractivity contribution in [3.8, 4) is 0 Å². The molecule has 0 amide bonds. The van der Waals surface area contributed by atoms with Crippen molar-refractivity contribution in [1.29, 1.82) is 0 Å². The van der Waals surface area contributed by atoms with Crippen molar-refractivity contribution >= 4 is 17.0 Å². The Bertz CT molecular complexity index is 573. The summed E-state index contributed by atoms with van der Waals surface area (Å²) in [7, 11) is 0. The molecule has 0 unspecified atom stereocenters. The maximum atomic E-state index is 12.4. The van der Waals surface area contributed by atoms with E-state index in [2.05, 4.69) is 5.16 Å². The van der Waals surface area contributed by atoms with E-state index in [1.807, 2.05) is 24.4 Å². The minimum atomic E-state index is -4.31. The molecule has 106 valence electrons. The third-order valence-corrected chi connectivity index (χ3v) is 3.57. The summed E-state index contributed by atoms with van der Waals surface area (Å²) >= 11 is 1.55. The van der Waals surface area contributed by atoms with E-state index in [1.165, 1.54) is 12.1 Å². The van der Waals surface area contributed by atoms with Gasteiger partial charge in [-0.2, -0.15) is 13.2 Å². The number of rotatable bonds is 4. The molecule has 0 aliphatic heterocycles. The fourth-order valence-corrected chi connectivity index (χ4v) is 2.19. The summed E-state index contributed by atoms with van der Waals surface area (Å²) in [5.41, 5.74) is 0.715. The van der Waals surface area contributed by atoms with Gasteiger partial charge >= 0.3 is 6.18 Å². The van der Waals surface area contributed by atoms with Crippen molar-refractivity contribution in [2.45, 2.75) is 19.7 Å². The molecule has 0 saturated heterocycles. The lowest BCUT2D eigenvalue weighted by Gasteiger charge is -2.07. The molecule has 2 nitrogen and oxygen atoms in total. The molecule has 6 heteroatoms. The van der Waals surface area contributed by atoms with Gasteiger partial charge in [-0.25, -0.2) is 0 Å². The van der Waals surface area contributed by atoms with Crippen LogP contribution in [-0.2, 0) is 17.6 Å². The summed E-state index contributed by atoms with van der Waals surface area (Å²) in [6.07, 6.45) is -4.31. The molecule has 1 aromatic carbocycles. The number of benzene rings is 1. The minimum Gasteiger partial charge on any atom is -0.391 e. The smallest absolute Gasteiger partial charge is 0.391 e. The molecule has 0 spiro atoms. The van der Waals surface area contributed by atoms with E-state index in [9.17, 15) is 13.2 Å². The quantitative estimate of drug-likeness (QED) is 0.592. The van der Waals surface area contributed by atoms with Crippen molar-refractivity contribution < 1.29 is 18.0 Å². The molecule has 0 bridgehead atoms. The van der Waals surface area contributed by atoms with Crippen LogP contribution in [0.3, 0.4) is 0 Å². The molecular weight excluding hydrogens is 287 g/mol. The highest BCUT2D eigenvalue weighted by Gasteiger charge is 2.29. The van der Waals surface area contributed by atoms with E-state index in [1.54, 1.807) is 11.3 Å². The average molecular weight is 299 g/mol. The summed E-state index contributed by atoms with van der Waals surface area (Å²) in [5.74, 6) is 0. The highest BCUT2D eigenvalue weighted by atomic mass is 32.1. The number of hydrogen-bond acceptors (Lipinski definition) is 3. The molecule has 0 aliphatic carbocycles. The minimum absolute atomic E-state index is 0.140. The zero-order valence-electron chi connectivity index (χ0n) is 10.6. The van der Waals surface area contributed by atoms with Gasteiger partial charge in [0.2, 0.25) is 0 Å². The SMILES string of the molecule is C/C(=N\OCc1ccc(C(F)(F)F)cc1)c1cccs1. The lowest BCUT2D eigenvalue weighted by molar-refractivity contribution is -0.137. The molecule has 0 radical (unpaired) electrons. The van der Waals surface area contributed by atoms with Crippen LogP contribution >= 0.6 is 11.3 Å². The Labute approximate surface area is 118 Å². The van der Waals surface area contributed by atoms with Gasteiger partial charge in [-0.05, 0) is 36.1 Å². The van der Waals surface area contributed by atoms with Crippen LogP contribution in [0.5, 0.6) is 0 Å². The van der Waals surface area contributed by atoms with Crippen LogP contribution in [-0.4, -0.2) is 5.71 Å². The number of halogens is 3. The van der Waals surface area contributed by atoms with Gasteiger partial charge in [0.05, 0.1) is 16.2 Å². The average Bonchev–Trinajstić information content (AvgIpc) is 2.92. The highest BCUT2D eigenvalue weighted by Crippen LogP contribution is 2.29. The number of hydrogen-bond donors (Lipinski definition) is 0. The molecule has 0 N–H and O–H groups in total. The van der Waals surface area contributed by atoms with Crippen molar-refractivity contribution in [3.05, 3.63) is 57.8 Å². The van der Waals surface area contributed by atoms with E-state index in [-0.39, 0.29) is 6.61 Å². The second-order valence-electron chi connectivity index (χ2n) is 4.12. The first-order chi connectivity index (χ1) is 9.47. The summed E-state index contributed by atoms with van der Waals surface area (Å²) in [6.45, 7) is 1.96. The normalized spacial score (nSPS) is 12.5. The van der Waals surface area contributed by atoms with Crippen LogP contribution in [0.1, 0.15) is 22.9 Å². The predicted octanol–water partition coefficient (Wildman–Crippen LogP) is 4.71. The van der Waals surface area contributed by atoms with Crippen molar-refractivity contribution in [3.63, 3.8) is 0 Å². The van der Waals surface area contributed by atoms with Crippen molar-refractivity contribution in [1.82, 2.24) is 0 Å². The molecule has 1 heterocycles. The lowest BCUT2D eigenvalue weighted by Crippen LogP contribution is -2.04. The molecule has 0 aliphatic rings. The van der Waals surface area contributed by atoms with E-state index in [0.717, 1.165) is 22.7 Å². The third-order valence-electron chi connectivity index (χ3n) is 2.59. The third kappa shape index (κ3) is 3.84. The first kappa shape index (κ1) is 14.6. The zero-order valence-corrected chi connectivity index (χ0v) is 11.5. The van der Waals surface area contributed by atoms with Crippen LogP contribution in [0, 0.1) is 0 Å². The molecule has 20 heavy (non-hydrogen) atoms. The first-order valence-corrected chi connectivity index (χ1v) is 6.71. The summed E-state index contributed by atoms with van der Waals surface area (Å²) in [6, 6.07) is 8.68. The van der Waals surface area contributed by atoms with Gasteiger partial charge in [0.25, 0.3) is 0 Å². The van der Waals surface area contributed by atoms with E-state index in [4.69, 9.17) is 4.84 Å². The van der Waals surface area contributed by atoms with E-state index >= 15 is 0 Å². The maximum absolute atomic E-state index is 12.4. The Morgan fingerprint density at radius 2 is 1.90 bits per heavy atom. The zero-order chi connectivity index (χ0) is 14.6. The molecule has 0 saturated carbocycles. The Hall–Kier alpha value is -1.82. The standard InChI is InChI=1S/C14H12F3NOS/c1-10(13-3-2-8-20-13)18-19-9-11-4-6-12(7-5-11)14(15,16)17/h2-8H,9H2,1H3/b18-10+. The van der Waals surface area contributed by atoms with Gasteiger partial charge in [-0.15, -0.1) is 11.3 Å². The largest absolute Gasteiger partial charge is 0.416 e. The van der Waals surface area contributed by atoms with Gasteiger partial charge in [-0.1, -0.05) is 23.4 Å². The maximum Gasteiger partial charge on any atom is 0.416 e. The summed E-state index contributed by atoms with van der Waals surface area (Å²) < 4.78 is 37.1. The lowest BCUT2D eigenvalue weighted by atomic mass is 10.1. The molecule has 1 aromatic heterocycles.